The van der Waals surface area contributed by atoms with Gasteiger partial charge in [0, 0.05) is 25.7 Å². The van der Waals surface area contributed by atoms with Crippen molar-refractivity contribution >= 4 is 11.6 Å². The van der Waals surface area contributed by atoms with Crippen LogP contribution >= 0.6 is 11.6 Å². The summed E-state index contributed by atoms with van der Waals surface area (Å²) >= 11 is 6.37. The van der Waals surface area contributed by atoms with Crippen LogP contribution in [0.5, 0.6) is 0 Å². The Hall–Kier alpha value is -1.30. The molecule has 0 bridgehead atoms. The third-order valence-corrected chi connectivity index (χ3v) is 4.25. The summed E-state index contributed by atoms with van der Waals surface area (Å²) < 4.78 is 7.27. The monoisotopic (exact) mass is 324 g/mol. The zero-order chi connectivity index (χ0) is 16.3. The Balaban J connectivity index is 2.04. The second kappa shape index (κ2) is 7.31. The minimum absolute atomic E-state index is 0.188. The molecule has 2 aromatic rings. The van der Waals surface area contributed by atoms with Crippen molar-refractivity contribution in [2.24, 2.45) is 7.05 Å². The lowest BCUT2D eigenvalue weighted by Crippen LogP contribution is -2.30. The lowest BCUT2D eigenvalue weighted by atomic mass is 10.1. The van der Waals surface area contributed by atoms with Crippen LogP contribution in [-0.2, 0) is 13.6 Å². The van der Waals surface area contributed by atoms with Gasteiger partial charge in [0.15, 0.2) is 0 Å². The highest BCUT2D eigenvalue weighted by Crippen LogP contribution is 2.25. The molecule has 22 heavy (non-hydrogen) atoms. The zero-order valence-corrected chi connectivity index (χ0v) is 14.7. The third kappa shape index (κ3) is 3.72. The van der Waals surface area contributed by atoms with Crippen LogP contribution in [0.1, 0.15) is 42.8 Å². The molecule has 1 atom stereocenters. The molecule has 0 aromatic carbocycles. The average Bonchev–Trinajstić information content (AvgIpc) is 3.06. The molecule has 5 nitrogen and oxygen atoms in total. The minimum atomic E-state index is 0.188. The first kappa shape index (κ1) is 17.1. The molecular formula is C16H25ClN4O. The molecule has 2 heterocycles. The van der Waals surface area contributed by atoms with Crippen LogP contribution in [0.3, 0.4) is 0 Å². The van der Waals surface area contributed by atoms with Crippen molar-refractivity contribution in [1.29, 1.82) is 0 Å². The van der Waals surface area contributed by atoms with Crippen LogP contribution < -0.4 is 5.32 Å². The van der Waals surface area contributed by atoms with Gasteiger partial charge < -0.3 is 9.73 Å². The number of likely N-dealkylation sites (N-methyl/N-ethyl adjacent to an activating group) is 1. The quantitative estimate of drug-likeness (QED) is 0.849. The maximum atomic E-state index is 6.37. The Morgan fingerprint density at radius 2 is 2.14 bits per heavy atom. The largest absolute Gasteiger partial charge is 0.468 e. The zero-order valence-electron chi connectivity index (χ0n) is 13.9. The second-order valence-electron chi connectivity index (χ2n) is 6.06. The van der Waals surface area contributed by atoms with Gasteiger partial charge in [-0.2, -0.15) is 5.10 Å². The van der Waals surface area contributed by atoms with Crippen molar-refractivity contribution in [3.8, 4) is 0 Å². The second-order valence-corrected chi connectivity index (χ2v) is 6.42. The highest BCUT2D eigenvalue weighted by atomic mass is 35.5. The van der Waals surface area contributed by atoms with E-state index >= 15 is 0 Å². The fourth-order valence-electron chi connectivity index (χ4n) is 2.55. The Morgan fingerprint density at radius 3 is 2.68 bits per heavy atom. The molecule has 0 aliphatic rings. The first-order valence-electron chi connectivity index (χ1n) is 7.53. The SMILES string of the molecule is CC(C)c1nn(C)c(Cl)c1CNC[C@@H](c1ccco1)N(C)C. The van der Waals surface area contributed by atoms with Crippen LogP contribution in [0.4, 0.5) is 0 Å². The summed E-state index contributed by atoms with van der Waals surface area (Å²) in [4.78, 5) is 2.14. The fraction of sp³-hybridized carbons (Fsp3) is 0.562. The van der Waals surface area contributed by atoms with Gasteiger partial charge in [0.1, 0.15) is 10.9 Å². The summed E-state index contributed by atoms with van der Waals surface area (Å²) in [5, 5.41) is 8.69. The molecule has 6 heteroatoms. The van der Waals surface area contributed by atoms with Gasteiger partial charge in [0.25, 0.3) is 0 Å². The highest BCUT2D eigenvalue weighted by molar-refractivity contribution is 6.30. The molecule has 0 saturated heterocycles. The number of aromatic nitrogens is 2. The number of nitrogens with zero attached hydrogens (tertiary/aromatic N) is 3. The number of rotatable bonds is 7. The molecule has 0 fully saturated rings. The lowest BCUT2D eigenvalue weighted by Gasteiger charge is -2.22. The number of hydrogen-bond donors (Lipinski definition) is 1. The predicted molar refractivity (Wildman–Crippen MR) is 89.1 cm³/mol. The molecule has 2 rings (SSSR count). The molecule has 2 aromatic heterocycles. The van der Waals surface area contributed by atoms with Gasteiger partial charge in [0.2, 0.25) is 0 Å². The van der Waals surface area contributed by atoms with E-state index in [0.29, 0.717) is 17.6 Å². The lowest BCUT2D eigenvalue weighted by molar-refractivity contribution is 0.250. The van der Waals surface area contributed by atoms with Crippen LogP contribution in [0.25, 0.3) is 0 Å². The molecule has 0 radical (unpaired) electrons. The maximum absolute atomic E-state index is 6.37. The Kier molecular flexibility index (Phi) is 5.67. The van der Waals surface area contributed by atoms with E-state index in [1.54, 1.807) is 10.9 Å². The summed E-state index contributed by atoms with van der Waals surface area (Å²) in [5.74, 6) is 1.31. The molecule has 0 aliphatic heterocycles. The van der Waals surface area contributed by atoms with Gasteiger partial charge in [-0.3, -0.25) is 9.58 Å². The average molecular weight is 325 g/mol. The van der Waals surface area contributed by atoms with Gasteiger partial charge in [0.05, 0.1) is 18.0 Å². The molecule has 0 unspecified atom stereocenters. The fourth-order valence-corrected chi connectivity index (χ4v) is 2.75. The van der Waals surface area contributed by atoms with E-state index in [4.69, 9.17) is 16.0 Å². The minimum Gasteiger partial charge on any atom is -0.468 e. The van der Waals surface area contributed by atoms with Crippen molar-refractivity contribution in [3.05, 3.63) is 40.6 Å². The van der Waals surface area contributed by atoms with E-state index in [2.05, 4.69) is 29.2 Å². The van der Waals surface area contributed by atoms with Gasteiger partial charge in [-0.25, -0.2) is 0 Å². The summed E-state index contributed by atoms with van der Waals surface area (Å²) in [6, 6.07) is 4.11. The Morgan fingerprint density at radius 1 is 1.41 bits per heavy atom. The highest BCUT2D eigenvalue weighted by Gasteiger charge is 2.19. The van der Waals surface area contributed by atoms with Crippen molar-refractivity contribution in [3.63, 3.8) is 0 Å². The van der Waals surface area contributed by atoms with Crippen molar-refractivity contribution in [2.75, 3.05) is 20.6 Å². The Bertz CT molecular complexity index is 590. The topological polar surface area (TPSA) is 46.2 Å². The number of halogens is 1. The molecule has 0 amide bonds. The molecule has 0 saturated carbocycles. The molecule has 1 N–H and O–H groups in total. The molecule has 0 spiro atoms. The van der Waals surface area contributed by atoms with E-state index in [9.17, 15) is 0 Å². The smallest absolute Gasteiger partial charge is 0.131 e. The first-order valence-corrected chi connectivity index (χ1v) is 7.91. The van der Waals surface area contributed by atoms with Crippen molar-refractivity contribution in [1.82, 2.24) is 20.0 Å². The number of aryl methyl sites for hydroxylation is 1. The van der Waals surface area contributed by atoms with E-state index in [-0.39, 0.29) is 6.04 Å². The molecule has 122 valence electrons. The van der Waals surface area contributed by atoms with Crippen LogP contribution in [-0.4, -0.2) is 35.3 Å². The summed E-state index contributed by atoms with van der Waals surface area (Å²) in [6.07, 6.45) is 1.71. The van der Waals surface area contributed by atoms with Gasteiger partial charge in [-0.15, -0.1) is 0 Å². The Labute approximate surface area is 137 Å². The number of furan rings is 1. The molecular weight excluding hydrogens is 300 g/mol. The van der Waals surface area contributed by atoms with Crippen molar-refractivity contribution < 1.29 is 4.42 Å². The number of hydrogen-bond acceptors (Lipinski definition) is 4. The first-order chi connectivity index (χ1) is 10.4. The summed E-state index contributed by atoms with van der Waals surface area (Å²) in [6.45, 7) is 5.75. The van der Waals surface area contributed by atoms with E-state index in [1.165, 1.54) is 0 Å². The van der Waals surface area contributed by atoms with Crippen LogP contribution in [0.2, 0.25) is 5.15 Å². The van der Waals surface area contributed by atoms with Gasteiger partial charge >= 0.3 is 0 Å². The van der Waals surface area contributed by atoms with Gasteiger partial charge in [-0.1, -0.05) is 25.4 Å². The van der Waals surface area contributed by atoms with E-state index < -0.39 is 0 Å². The predicted octanol–water partition coefficient (Wildman–Crippen LogP) is 3.18. The normalized spacial score (nSPS) is 13.3. The summed E-state index contributed by atoms with van der Waals surface area (Å²) in [7, 11) is 5.97. The number of nitrogens with one attached hydrogen (secondary N) is 1. The van der Waals surface area contributed by atoms with E-state index in [1.807, 2.05) is 33.3 Å². The summed E-state index contributed by atoms with van der Waals surface area (Å²) in [5.41, 5.74) is 2.13. The maximum Gasteiger partial charge on any atom is 0.131 e. The van der Waals surface area contributed by atoms with Crippen molar-refractivity contribution in [2.45, 2.75) is 32.4 Å². The molecule has 0 aliphatic carbocycles. The van der Waals surface area contributed by atoms with E-state index in [0.717, 1.165) is 23.6 Å². The van der Waals surface area contributed by atoms with Crippen LogP contribution in [0, 0.1) is 0 Å². The van der Waals surface area contributed by atoms with Gasteiger partial charge in [-0.05, 0) is 32.1 Å². The van der Waals surface area contributed by atoms with Crippen LogP contribution in [0.15, 0.2) is 22.8 Å². The standard InChI is InChI=1S/C16H25ClN4O/c1-11(2)15-12(16(17)21(5)19-15)9-18-10-13(20(3)4)14-7-6-8-22-14/h6-8,11,13,18H,9-10H2,1-5H3/t13-/m0/s1. The third-order valence-electron chi connectivity index (χ3n) is 3.78.